The molecule has 5 nitrogen and oxygen atoms in total. The van der Waals surface area contributed by atoms with Crippen LogP contribution in [0.5, 0.6) is 0 Å². The lowest BCUT2D eigenvalue weighted by molar-refractivity contribution is -0.144. The van der Waals surface area contributed by atoms with Gasteiger partial charge in [-0.15, -0.1) is 0 Å². The zero-order valence-corrected chi connectivity index (χ0v) is 16.2. The number of carbonyl (C=O) groups excluding carboxylic acids is 2. The third kappa shape index (κ3) is 10.7. The summed E-state index contributed by atoms with van der Waals surface area (Å²) in [6.45, 7) is 2.73. The van der Waals surface area contributed by atoms with Gasteiger partial charge in [-0.1, -0.05) is 82.2 Å². The number of benzene rings is 1. The van der Waals surface area contributed by atoms with E-state index in [-0.39, 0.29) is 13.2 Å². The smallest absolute Gasteiger partial charge is 0.410 e. The molecule has 0 heterocycles. The maximum Gasteiger partial charge on any atom is 0.410 e. The van der Waals surface area contributed by atoms with Crippen molar-refractivity contribution in [1.29, 1.82) is 0 Å². The number of rotatable bonds is 13. The Hall–Kier alpha value is -2.04. The Kier molecular flexibility index (Phi) is 12.0. The maximum absolute atomic E-state index is 11.9. The molecule has 0 saturated carbocycles. The lowest BCUT2D eigenvalue weighted by atomic mass is 10.1. The third-order valence-electron chi connectivity index (χ3n) is 4.14. The predicted molar refractivity (Wildman–Crippen MR) is 103 cm³/mol. The second-order valence-corrected chi connectivity index (χ2v) is 6.59. The predicted octanol–water partition coefficient (Wildman–Crippen LogP) is 4.94. The number of amides is 1. The lowest BCUT2D eigenvalue weighted by Gasteiger charge is -2.16. The van der Waals surface area contributed by atoms with E-state index in [4.69, 9.17) is 9.47 Å². The molecule has 0 aliphatic heterocycles. The first-order chi connectivity index (χ1) is 12.6. The number of hydrogen-bond acceptors (Lipinski definition) is 4. The maximum atomic E-state index is 11.9. The van der Waals surface area contributed by atoms with Gasteiger partial charge in [0, 0.05) is 7.05 Å². The van der Waals surface area contributed by atoms with Crippen molar-refractivity contribution in [3.05, 3.63) is 35.9 Å². The first-order valence-corrected chi connectivity index (χ1v) is 9.71. The van der Waals surface area contributed by atoms with Gasteiger partial charge in [0.15, 0.2) is 0 Å². The summed E-state index contributed by atoms with van der Waals surface area (Å²) >= 11 is 0. The number of nitrogens with zero attached hydrogens (tertiary/aromatic N) is 1. The highest BCUT2D eigenvalue weighted by molar-refractivity contribution is 5.77. The fourth-order valence-corrected chi connectivity index (χ4v) is 2.56. The van der Waals surface area contributed by atoms with E-state index < -0.39 is 12.1 Å². The summed E-state index contributed by atoms with van der Waals surface area (Å²) in [6, 6.07) is 9.43. The fourth-order valence-electron chi connectivity index (χ4n) is 2.56. The first kappa shape index (κ1) is 22.0. The van der Waals surface area contributed by atoms with Crippen molar-refractivity contribution in [2.24, 2.45) is 0 Å². The van der Waals surface area contributed by atoms with Gasteiger partial charge in [-0.05, 0) is 12.0 Å². The summed E-state index contributed by atoms with van der Waals surface area (Å²) in [5, 5.41) is 0. The second-order valence-electron chi connectivity index (χ2n) is 6.59. The summed E-state index contributed by atoms with van der Waals surface area (Å²) in [7, 11) is 1.53. The van der Waals surface area contributed by atoms with Crippen molar-refractivity contribution in [3.8, 4) is 0 Å². The van der Waals surface area contributed by atoms with Gasteiger partial charge in [-0.3, -0.25) is 4.79 Å². The summed E-state index contributed by atoms with van der Waals surface area (Å²) in [5.74, 6) is -0.396. The molecule has 0 aliphatic rings. The molecule has 0 saturated heterocycles. The zero-order valence-electron chi connectivity index (χ0n) is 16.2. The molecule has 0 unspecified atom stereocenters. The van der Waals surface area contributed by atoms with Gasteiger partial charge in [0.25, 0.3) is 0 Å². The van der Waals surface area contributed by atoms with E-state index >= 15 is 0 Å². The van der Waals surface area contributed by atoms with Gasteiger partial charge in [-0.2, -0.15) is 0 Å². The second kappa shape index (κ2) is 14.2. The highest BCUT2D eigenvalue weighted by atomic mass is 16.6. The molecule has 0 fully saturated rings. The summed E-state index contributed by atoms with van der Waals surface area (Å²) in [4.78, 5) is 24.9. The van der Waals surface area contributed by atoms with Crippen molar-refractivity contribution in [1.82, 2.24) is 4.90 Å². The van der Waals surface area contributed by atoms with Gasteiger partial charge in [0.05, 0.1) is 6.61 Å². The van der Waals surface area contributed by atoms with Crippen LogP contribution in [0.3, 0.4) is 0 Å². The molecule has 1 aromatic carbocycles. The molecule has 0 aromatic heterocycles. The Morgan fingerprint density at radius 3 is 2.15 bits per heavy atom. The third-order valence-corrected chi connectivity index (χ3v) is 4.14. The highest BCUT2D eigenvalue weighted by Crippen LogP contribution is 2.08. The quantitative estimate of drug-likeness (QED) is 0.368. The van der Waals surface area contributed by atoms with Crippen molar-refractivity contribution in [2.45, 2.75) is 64.9 Å². The highest BCUT2D eigenvalue weighted by Gasteiger charge is 2.15. The molecule has 0 spiro atoms. The molecule has 1 aromatic rings. The van der Waals surface area contributed by atoms with Crippen molar-refractivity contribution in [3.63, 3.8) is 0 Å². The molecule has 1 rings (SSSR count). The molecule has 0 aliphatic carbocycles. The molecule has 26 heavy (non-hydrogen) atoms. The molecule has 146 valence electrons. The van der Waals surface area contributed by atoms with Gasteiger partial charge < -0.3 is 14.4 Å². The molecular formula is C21H33NO4. The van der Waals surface area contributed by atoms with Crippen molar-refractivity contribution in [2.75, 3.05) is 20.2 Å². The number of hydrogen-bond donors (Lipinski definition) is 0. The van der Waals surface area contributed by atoms with Crippen LogP contribution in [0.2, 0.25) is 0 Å². The molecule has 0 bridgehead atoms. The number of unbranched alkanes of at least 4 members (excludes halogenated alkanes) is 7. The summed E-state index contributed by atoms with van der Waals surface area (Å²) in [5.41, 5.74) is 0.909. The largest absolute Gasteiger partial charge is 0.464 e. The minimum absolute atomic E-state index is 0.0926. The molecule has 0 N–H and O–H groups in total. The van der Waals surface area contributed by atoms with Crippen LogP contribution in [0.15, 0.2) is 30.3 Å². The molecule has 0 atom stereocenters. The molecule has 5 heteroatoms. The monoisotopic (exact) mass is 363 g/mol. The van der Waals surface area contributed by atoms with Crippen molar-refractivity contribution >= 4 is 12.1 Å². The minimum Gasteiger partial charge on any atom is -0.464 e. The molecule has 1 amide bonds. The van der Waals surface area contributed by atoms with Crippen LogP contribution in [-0.2, 0) is 20.9 Å². The fraction of sp³-hybridized carbons (Fsp3) is 0.619. The Labute approximate surface area is 157 Å². The van der Waals surface area contributed by atoms with E-state index in [0.29, 0.717) is 6.61 Å². The van der Waals surface area contributed by atoms with Crippen LogP contribution in [0.1, 0.15) is 63.9 Å². The van der Waals surface area contributed by atoms with Crippen LogP contribution in [0.4, 0.5) is 4.79 Å². The van der Waals surface area contributed by atoms with Crippen LogP contribution in [-0.4, -0.2) is 37.2 Å². The number of ether oxygens (including phenoxy) is 2. The average Bonchev–Trinajstić information content (AvgIpc) is 2.65. The minimum atomic E-state index is -0.530. The standard InChI is InChI=1S/C21H33NO4/c1-3-4-5-6-7-8-9-13-16-25-20(23)17-22(2)21(24)26-18-19-14-11-10-12-15-19/h10-12,14-15H,3-9,13,16-18H2,1-2H3. The van der Waals surface area contributed by atoms with Crippen LogP contribution >= 0.6 is 0 Å². The van der Waals surface area contributed by atoms with Gasteiger partial charge in [-0.25, -0.2) is 4.79 Å². The van der Waals surface area contributed by atoms with Gasteiger partial charge >= 0.3 is 12.1 Å². The number of likely N-dealkylation sites (N-methyl/N-ethyl adjacent to an activating group) is 1. The topological polar surface area (TPSA) is 55.8 Å². The summed E-state index contributed by atoms with van der Waals surface area (Å²) < 4.78 is 10.4. The molecular weight excluding hydrogens is 330 g/mol. The van der Waals surface area contributed by atoms with E-state index in [0.717, 1.165) is 18.4 Å². The van der Waals surface area contributed by atoms with E-state index in [1.165, 1.54) is 50.5 Å². The number of esters is 1. The van der Waals surface area contributed by atoms with E-state index in [1.807, 2.05) is 30.3 Å². The van der Waals surface area contributed by atoms with Gasteiger partial charge in [0.2, 0.25) is 0 Å². The van der Waals surface area contributed by atoms with E-state index in [2.05, 4.69) is 6.92 Å². The van der Waals surface area contributed by atoms with E-state index in [1.54, 1.807) is 0 Å². The Balaban J connectivity index is 2.04. The zero-order chi connectivity index (χ0) is 19.0. The normalized spacial score (nSPS) is 10.4. The van der Waals surface area contributed by atoms with E-state index in [9.17, 15) is 9.59 Å². The average molecular weight is 363 g/mol. The van der Waals surface area contributed by atoms with Crippen molar-refractivity contribution < 1.29 is 19.1 Å². The summed E-state index contributed by atoms with van der Waals surface area (Å²) in [6.07, 6.45) is 9.07. The van der Waals surface area contributed by atoms with Crippen LogP contribution in [0.25, 0.3) is 0 Å². The Morgan fingerprint density at radius 1 is 0.885 bits per heavy atom. The SMILES string of the molecule is CCCCCCCCCCOC(=O)CN(C)C(=O)OCc1ccccc1. The lowest BCUT2D eigenvalue weighted by Crippen LogP contribution is -2.33. The Morgan fingerprint density at radius 2 is 1.50 bits per heavy atom. The van der Waals surface area contributed by atoms with Crippen LogP contribution in [0, 0.1) is 0 Å². The number of carbonyl (C=O) groups is 2. The Bertz CT molecular complexity index is 504. The first-order valence-electron chi connectivity index (χ1n) is 9.71. The van der Waals surface area contributed by atoms with Gasteiger partial charge in [0.1, 0.15) is 13.2 Å². The molecule has 0 radical (unpaired) electrons. The van der Waals surface area contributed by atoms with Crippen LogP contribution < -0.4 is 0 Å².